The van der Waals surface area contributed by atoms with Crippen molar-refractivity contribution in [2.24, 2.45) is 5.11 Å². The van der Waals surface area contributed by atoms with Crippen LogP contribution in [0.5, 0.6) is 0 Å². The molecule has 1 aliphatic rings. The molecule has 2 heterocycles. The van der Waals surface area contributed by atoms with Gasteiger partial charge in [0.15, 0.2) is 0 Å². The van der Waals surface area contributed by atoms with E-state index in [-0.39, 0.29) is 19.0 Å². The Morgan fingerprint density at radius 1 is 1.08 bits per heavy atom. The fourth-order valence-corrected chi connectivity index (χ4v) is 4.75. The average Bonchev–Trinajstić information content (AvgIpc) is 3.31. The molecule has 10 nitrogen and oxygen atoms in total. The number of esters is 1. The molecular weight excluding hydrogens is 486 g/mol. The second kappa shape index (κ2) is 15.8. The van der Waals surface area contributed by atoms with Crippen LogP contribution in [-0.2, 0) is 20.7 Å². The predicted octanol–water partition coefficient (Wildman–Crippen LogP) is 5.50. The van der Waals surface area contributed by atoms with E-state index in [1.54, 1.807) is 6.92 Å². The van der Waals surface area contributed by atoms with Gasteiger partial charge in [0, 0.05) is 29.5 Å². The van der Waals surface area contributed by atoms with E-state index in [2.05, 4.69) is 45.3 Å². The van der Waals surface area contributed by atoms with Crippen LogP contribution in [0, 0.1) is 6.92 Å². The smallest absolute Gasteiger partial charge is 0.330 e. The van der Waals surface area contributed by atoms with Crippen molar-refractivity contribution in [3.63, 3.8) is 0 Å². The number of carbonyl (C=O) groups excluding carboxylic acids is 1. The van der Waals surface area contributed by atoms with Gasteiger partial charge in [0.2, 0.25) is 0 Å². The monoisotopic (exact) mass is 525 g/mol. The lowest BCUT2D eigenvalue weighted by atomic mass is 10.0. The molecule has 3 unspecified atom stereocenters. The topological polar surface area (TPSA) is 139 Å². The Hall–Kier alpha value is -3.36. The lowest BCUT2D eigenvalue weighted by Crippen LogP contribution is -2.33. The summed E-state index contributed by atoms with van der Waals surface area (Å²) in [7, 11) is 0. The van der Waals surface area contributed by atoms with Crippen LogP contribution in [0.2, 0.25) is 0 Å². The highest BCUT2D eigenvalue weighted by atomic mass is 16.6. The lowest BCUT2D eigenvalue weighted by Gasteiger charge is -2.17. The number of aromatic nitrogens is 2. The molecule has 3 atom stereocenters. The van der Waals surface area contributed by atoms with Gasteiger partial charge in [-0.3, -0.25) is 19.1 Å². The van der Waals surface area contributed by atoms with E-state index < -0.39 is 29.6 Å². The first-order valence-corrected chi connectivity index (χ1v) is 13.7. The summed E-state index contributed by atoms with van der Waals surface area (Å²) in [6, 6.07) is 10.0. The highest BCUT2D eigenvalue weighted by molar-refractivity contribution is 5.69. The molecule has 1 N–H and O–H groups in total. The van der Waals surface area contributed by atoms with Crippen molar-refractivity contribution in [1.82, 2.24) is 9.55 Å². The number of carbonyl (C=O) groups is 1. The van der Waals surface area contributed by atoms with Gasteiger partial charge < -0.3 is 9.47 Å². The van der Waals surface area contributed by atoms with Gasteiger partial charge in [0.25, 0.3) is 5.56 Å². The number of hydrogen-bond donors (Lipinski definition) is 1. The number of azide groups is 1. The molecule has 1 aliphatic heterocycles. The van der Waals surface area contributed by atoms with Gasteiger partial charge in [0.05, 0.1) is 6.04 Å². The van der Waals surface area contributed by atoms with Crippen LogP contribution in [0.4, 0.5) is 0 Å². The van der Waals surface area contributed by atoms with Gasteiger partial charge in [0.1, 0.15) is 18.9 Å². The zero-order valence-electron chi connectivity index (χ0n) is 22.2. The molecule has 0 amide bonds. The summed E-state index contributed by atoms with van der Waals surface area (Å²) in [6.45, 7) is 1.53. The average molecular weight is 526 g/mol. The number of nitrogens with zero attached hydrogens (tertiary/aromatic N) is 4. The number of hydrogen-bond acceptors (Lipinski definition) is 6. The Morgan fingerprint density at radius 2 is 1.74 bits per heavy atom. The summed E-state index contributed by atoms with van der Waals surface area (Å²) >= 11 is 0. The Labute approximate surface area is 223 Å². The number of rotatable bonds is 16. The van der Waals surface area contributed by atoms with Crippen molar-refractivity contribution >= 4 is 5.97 Å². The SMILES string of the molecule is Cc1cn(C2CC(N=[N+]=[N-])C(COC(=O)CCCCCCCCCCCc3ccccc3)O2)c(=O)[nH]c1=O. The van der Waals surface area contributed by atoms with E-state index in [9.17, 15) is 14.4 Å². The van der Waals surface area contributed by atoms with Crippen molar-refractivity contribution in [3.8, 4) is 0 Å². The van der Waals surface area contributed by atoms with Gasteiger partial charge in [-0.2, -0.15) is 0 Å². The van der Waals surface area contributed by atoms with Crippen LogP contribution in [-0.4, -0.2) is 34.3 Å². The zero-order chi connectivity index (χ0) is 27.2. The fourth-order valence-electron chi connectivity index (χ4n) is 4.75. The van der Waals surface area contributed by atoms with Crippen LogP contribution in [0.25, 0.3) is 10.4 Å². The van der Waals surface area contributed by atoms with Crippen molar-refractivity contribution < 1.29 is 14.3 Å². The van der Waals surface area contributed by atoms with Gasteiger partial charge >= 0.3 is 11.7 Å². The number of aromatic amines is 1. The number of H-pyrrole nitrogens is 1. The van der Waals surface area contributed by atoms with Crippen molar-refractivity contribution in [2.45, 2.75) is 102 Å². The Kier molecular flexibility index (Phi) is 12.1. The highest BCUT2D eigenvalue weighted by Crippen LogP contribution is 2.30. The summed E-state index contributed by atoms with van der Waals surface area (Å²) in [5.74, 6) is -0.313. The third-order valence-corrected chi connectivity index (χ3v) is 6.96. The van der Waals surface area contributed by atoms with Crippen LogP contribution >= 0.6 is 0 Å². The maximum Gasteiger partial charge on any atom is 0.330 e. The van der Waals surface area contributed by atoms with E-state index in [0.717, 1.165) is 25.7 Å². The fraction of sp³-hybridized carbons (Fsp3) is 0.607. The van der Waals surface area contributed by atoms with Crippen LogP contribution in [0.3, 0.4) is 0 Å². The first-order chi connectivity index (χ1) is 18.5. The molecule has 0 spiro atoms. The van der Waals surface area contributed by atoms with Crippen molar-refractivity contribution in [1.29, 1.82) is 0 Å². The molecule has 0 bridgehead atoms. The minimum Gasteiger partial charge on any atom is -0.463 e. The summed E-state index contributed by atoms with van der Waals surface area (Å²) in [6.07, 6.45) is 12.1. The molecular formula is C28H39N5O5. The molecule has 38 heavy (non-hydrogen) atoms. The predicted molar refractivity (Wildman–Crippen MR) is 145 cm³/mol. The molecule has 1 fully saturated rings. The van der Waals surface area contributed by atoms with E-state index in [0.29, 0.717) is 12.0 Å². The Morgan fingerprint density at radius 3 is 2.42 bits per heavy atom. The summed E-state index contributed by atoms with van der Waals surface area (Å²) in [4.78, 5) is 41.1. The second-order valence-corrected chi connectivity index (χ2v) is 9.97. The highest BCUT2D eigenvalue weighted by Gasteiger charge is 2.37. The number of nitrogens with one attached hydrogen (secondary N) is 1. The first kappa shape index (κ1) is 29.2. The first-order valence-electron chi connectivity index (χ1n) is 13.7. The minimum absolute atomic E-state index is 0.0552. The molecule has 206 valence electrons. The maximum absolute atomic E-state index is 12.2. The number of unbranched alkanes of at least 4 members (excludes halogenated alkanes) is 8. The molecule has 3 rings (SSSR count). The van der Waals surface area contributed by atoms with Crippen molar-refractivity contribution in [3.05, 3.63) is 78.9 Å². The largest absolute Gasteiger partial charge is 0.463 e. The standard InChI is InChI=1S/C28H39N5O5/c1-21-19-33(28(36)30-27(21)35)25-18-23(31-32-29)24(38-25)20-37-26(34)17-13-8-6-4-2-3-5-7-10-14-22-15-11-9-12-16-22/h9,11-12,15-16,19,23-25H,2-8,10,13-14,17-18,20H2,1H3,(H,30,35,36). The van der Waals surface area contributed by atoms with E-state index >= 15 is 0 Å². The van der Waals surface area contributed by atoms with Crippen molar-refractivity contribution in [2.75, 3.05) is 6.61 Å². The molecule has 0 saturated carbocycles. The van der Waals surface area contributed by atoms with E-state index in [1.165, 1.54) is 54.9 Å². The third kappa shape index (κ3) is 9.50. The van der Waals surface area contributed by atoms with E-state index in [4.69, 9.17) is 15.0 Å². The number of aryl methyl sites for hydroxylation is 2. The van der Waals surface area contributed by atoms with Gasteiger partial charge in [-0.1, -0.05) is 80.4 Å². The van der Waals surface area contributed by atoms with Gasteiger partial charge in [-0.05, 0) is 37.3 Å². The third-order valence-electron chi connectivity index (χ3n) is 6.96. The number of benzene rings is 1. The lowest BCUT2D eigenvalue weighted by molar-refractivity contribution is -0.148. The molecule has 2 aromatic rings. The maximum atomic E-state index is 12.2. The molecule has 1 saturated heterocycles. The zero-order valence-corrected chi connectivity index (χ0v) is 22.2. The van der Waals surface area contributed by atoms with Crippen LogP contribution < -0.4 is 11.2 Å². The molecule has 0 aliphatic carbocycles. The summed E-state index contributed by atoms with van der Waals surface area (Å²) in [5.41, 5.74) is 9.61. The normalized spacial score (nSPS) is 18.7. The summed E-state index contributed by atoms with van der Waals surface area (Å²) in [5, 5.41) is 3.75. The molecule has 10 heteroatoms. The van der Waals surface area contributed by atoms with Gasteiger partial charge in [-0.25, -0.2) is 4.79 Å². The minimum atomic E-state index is -0.721. The van der Waals surface area contributed by atoms with Crippen LogP contribution in [0.1, 0.15) is 88.0 Å². The second-order valence-electron chi connectivity index (χ2n) is 9.97. The summed E-state index contributed by atoms with van der Waals surface area (Å²) < 4.78 is 12.5. The van der Waals surface area contributed by atoms with Crippen LogP contribution in [0.15, 0.2) is 51.2 Å². The van der Waals surface area contributed by atoms with Gasteiger partial charge in [-0.15, -0.1) is 0 Å². The molecule has 0 radical (unpaired) electrons. The van der Waals surface area contributed by atoms with E-state index in [1.807, 2.05) is 0 Å². The Balaban J connectivity index is 1.25. The molecule has 1 aromatic heterocycles. The number of ether oxygens (including phenoxy) is 2. The Bertz CT molecular complexity index is 1170. The molecule has 1 aromatic carbocycles. The quantitative estimate of drug-likeness (QED) is 0.101.